The maximum absolute atomic E-state index is 13.3. The molecule has 2 aromatic carbocycles. The summed E-state index contributed by atoms with van der Waals surface area (Å²) in [6.07, 6.45) is 2.00. The number of hydrogen-bond acceptors (Lipinski definition) is 4. The molecular formula is C20H27FN2O2. The van der Waals surface area contributed by atoms with Gasteiger partial charge in [0.05, 0.1) is 13.2 Å². The van der Waals surface area contributed by atoms with Crippen LogP contribution in [0.4, 0.5) is 10.1 Å². The van der Waals surface area contributed by atoms with E-state index in [-0.39, 0.29) is 12.4 Å². The van der Waals surface area contributed by atoms with Gasteiger partial charge in [-0.25, -0.2) is 4.39 Å². The van der Waals surface area contributed by atoms with Crippen LogP contribution in [0.3, 0.4) is 0 Å². The summed E-state index contributed by atoms with van der Waals surface area (Å²) in [6, 6.07) is 14.7. The number of halogens is 1. The van der Waals surface area contributed by atoms with Gasteiger partial charge in [-0.2, -0.15) is 0 Å². The third-order valence-corrected chi connectivity index (χ3v) is 3.77. The second-order valence-corrected chi connectivity index (χ2v) is 5.91. The van der Waals surface area contributed by atoms with Gasteiger partial charge in [0, 0.05) is 25.4 Å². The third-order valence-electron chi connectivity index (χ3n) is 3.77. The summed E-state index contributed by atoms with van der Waals surface area (Å²) in [7, 11) is 0. The average molecular weight is 346 g/mol. The lowest BCUT2D eigenvalue weighted by molar-refractivity contribution is 0.140. The van der Waals surface area contributed by atoms with Crippen LogP contribution in [0.5, 0.6) is 0 Å². The van der Waals surface area contributed by atoms with Crippen molar-refractivity contribution >= 4 is 5.69 Å². The van der Waals surface area contributed by atoms with Crippen molar-refractivity contribution in [2.45, 2.75) is 26.0 Å². The predicted octanol–water partition coefficient (Wildman–Crippen LogP) is 3.32. The summed E-state index contributed by atoms with van der Waals surface area (Å²) < 4.78 is 18.9. The zero-order valence-corrected chi connectivity index (χ0v) is 14.5. The quantitative estimate of drug-likeness (QED) is 0.516. The van der Waals surface area contributed by atoms with Crippen LogP contribution >= 0.6 is 0 Å². The number of aliphatic hydroxyl groups is 1. The number of anilines is 1. The molecule has 0 bridgehead atoms. The molecule has 0 saturated carbocycles. The Hall–Kier alpha value is -1.95. The molecule has 0 amide bonds. The molecule has 0 aliphatic heterocycles. The van der Waals surface area contributed by atoms with Crippen molar-refractivity contribution in [2.24, 2.45) is 0 Å². The Labute approximate surface area is 149 Å². The van der Waals surface area contributed by atoms with Crippen molar-refractivity contribution in [1.29, 1.82) is 0 Å². The van der Waals surface area contributed by atoms with Crippen molar-refractivity contribution in [3.05, 3.63) is 65.5 Å². The van der Waals surface area contributed by atoms with Crippen LogP contribution in [0, 0.1) is 5.82 Å². The van der Waals surface area contributed by atoms with Gasteiger partial charge in [0.15, 0.2) is 0 Å². The topological polar surface area (TPSA) is 53.5 Å². The van der Waals surface area contributed by atoms with E-state index in [1.165, 1.54) is 12.1 Å². The Kier molecular flexibility index (Phi) is 8.97. The van der Waals surface area contributed by atoms with E-state index in [1.807, 2.05) is 36.4 Å². The normalized spacial score (nSPS) is 10.8. The Morgan fingerprint density at radius 2 is 1.72 bits per heavy atom. The van der Waals surface area contributed by atoms with Crippen LogP contribution in [0.2, 0.25) is 0 Å². The number of aliphatic hydroxyl groups excluding tert-OH is 1. The summed E-state index contributed by atoms with van der Waals surface area (Å²) in [6.45, 7) is 3.56. The lowest BCUT2D eigenvalue weighted by Crippen LogP contribution is -2.16. The van der Waals surface area contributed by atoms with E-state index in [0.717, 1.165) is 43.8 Å². The Bertz CT molecular complexity index is 608. The van der Waals surface area contributed by atoms with Crippen molar-refractivity contribution in [3.8, 4) is 0 Å². The summed E-state index contributed by atoms with van der Waals surface area (Å²) in [4.78, 5) is 0. The van der Waals surface area contributed by atoms with Gasteiger partial charge in [-0.1, -0.05) is 24.3 Å². The maximum Gasteiger partial charge on any atom is 0.123 e. The predicted molar refractivity (Wildman–Crippen MR) is 99.0 cm³/mol. The molecule has 0 spiro atoms. The van der Waals surface area contributed by atoms with Gasteiger partial charge in [0.2, 0.25) is 0 Å². The Balaban J connectivity index is 1.45. The Morgan fingerprint density at radius 1 is 0.920 bits per heavy atom. The molecule has 0 saturated heterocycles. The molecule has 5 heteroatoms. The third kappa shape index (κ3) is 8.12. The highest BCUT2D eigenvalue weighted by Gasteiger charge is 2.00. The van der Waals surface area contributed by atoms with Crippen molar-refractivity contribution in [3.63, 3.8) is 0 Å². The van der Waals surface area contributed by atoms with Gasteiger partial charge < -0.3 is 20.5 Å². The molecule has 0 fully saturated rings. The molecule has 2 aromatic rings. The number of nitrogens with one attached hydrogen (secondary N) is 2. The zero-order chi connectivity index (χ0) is 17.7. The smallest absolute Gasteiger partial charge is 0.123 e. The molecule has 0 radical (unpaired) electrons. The first kappa shape index (κ1) is 19.4. The first-order chi connectivity index (χ1) is 12.3. The fourth-order valence-corrected chi connectivity index (χ4v) is 2.52. The van der Waals surface area contributed by atoms with Crippen molar-refractivity contribution in [2.75, 3.05) is 31.6 Å². The number of benzene rings is 2. The van der Waals surface area contributed by atoms with E-state index in [2.05, 4.69) is 10.6 Å². The highest BCUT2D eigenvalue weighted by atomic mass is 19.1. The van der Waals surface area contributed by atoms with Crippen molar-refractivity contribution < 1.29 is 14.2 Å². The monoisotopic (exact) mass is 346 g/mol. The second-order valence-electron chi connectivity index (χ2n) is 5.91. The molecule has 2 rings (SSSR count). The van der Waals surface area contributed by atoms with E-state index in [9.17, 15) is 4.39 Å². The van der Waals surface area contributed by atoms with E-state index in [4.69, 9.17) is 9.84 Å². The standard InChI is InChI=1S/C20H27FN2O2/c21-19-13-17(12-18(14-19)16-24)15-22-8-4-5-10-25-11-9-23-20-6-2-1-3-7-20/h1-3,6-7,12-14,22-24H,4-5,8-11,15-16H2. The lowest BCUT2D eigenvalue weighted by Gasteiger charge is -2.08. The van der Waals surface area contributed by atoms with Crippen LogP contribution in [-0.4, -0.2) is 31.4 Å². The summed E-state index contributed by atoms with van der Waals surface area (Å²) in [5.41, 5.74) is 2.57. The van der Waals surface area contributed by atoms with Crippen molar-refractivity contribution in [1.82, 2.24) is 5.32 Å². The molecule has 3 N–H and O–H groups in total. The van der Waals surface area contributed by atoms with E-state index in [1.54, 1.807) is 0 Å². The van der Waals surface area contributed by atoms with Gasteiger partial charge in [-0.05, 0) is 54.8 Å². The molecule has 25 heavy (non-hydrogen) atoms. The van der Waals surface area contributed by atoms with Gasteiger partial charge in [-0.3, -0.25) is 0 Å². The number of hydrogen-bond donors (Lipinski definition) is 3. The van der Waals surface area contributed by atoms with Gasteiger partial charge >= 0.3 is 0 Å². The molecule has 0 aromatic heterocycles. The second kappa shape index (κ2) is 11.6. The summed E-state index contributed by atoms with van der Waals surface area (Å²) in [5, 5.41) is 15.7. The van der Waals surface area contributed by atoms with Gasteiger partial charge in [0.25, 0.3) is 0 Å². The molecule has 0 unspecified atom stereocenters. The van der Waals surface area contributed by atoms with Crippen LogP contribution in [0.1, 0.15) is 24.0 Å². The molecule has 0 heterocycles. The molecule has 0 atom stereocenters. The van der Waals surface area contributed by atoms with Crippen LogP contribution in [0.15, 0.2) is 48.5 Å². The fraction of sp³-hybridized carbons (Fsp3) is 0.400. The molecular weight excluding hydrogens is 319 g/mol. The Morgan fingerprint density at radius 3 is 2.52 bits per heavy atom. The minimum Gasteiger partial charge on any atom is -0.392 e. The van der Waals surface area contributed by atoms with Gasteiger partial charge in [-0.15, -0.1) is 0 Å². The molecule has 4 nitrogen and oxygen atoms in total. The zero-order valence-electron chi connectivity index (χ0n) is 14.5. The minimum absolute atomic E-state index is 0.138. The molecule has 0 aliphatic carbocycles. The number of ether oxygens (including phenoxy) is 1. The maximum atomic E-state index is 13.3. The number of para-hydroxylation sites is 1. The number of unbranched alkanes of at least 4 members (excludes halogenated alkanes) is 1. The first-order valence-corrected chi connectivity index (χ1v) is 8.74. The summed E-state index contributed by atoms with van der Waals surface area (Å²) >= 11 is 0. The van der Waals surface area contributed by atoms with E-state index < -0.39 is 0 Å². The highest BCUT2D eigenvalue weighted by molar-refractivity contribution is 5.42. The fourth-order valence-electron chi connectivity index (χ4n) is 2.52. The average Bonchev–Trinajstić information content (AvgIpc) is 2.63. The van der Waals surface area contributed by atoms with E-state index in [0.29, 0.717) is 18.7 Å². The number of rotatable bonds is 12. The summed E-state index contributed by atoms with van der Waals surface area (Å²) in [5.74, 6) is -0.305. The lowest BCUT2D eigenvalue weighted by atomic mass is 10.1. The van der Waals surface area contributed by atoms with E-state index >= 15 is 0 Å². The first-order valence-electron chi connectivity index (χ1n) is 8.74. The van der Waals surface area contributed by atoms with Crippen LogP contribution in [0.25, 0.3) is 0 Å². The SMILES string of the molecule is OCc1cc(F)cc(CNCCCCOCCNc2ccccc2)c1. The minimum atomic E-state index is -0.305. The largest absolute Gasteiger partial charge is 0.392 e. The van der Waals surface area contributed by atoms with Crippen LogP contribution < -0.4 is 10.6 Å². The van der Waals surface area contributed by atoms with Crippen LogP contribution in [-0.2, 0) is 17.9 Å². The van der Waals surface area contributed by atoms with Gasteiger partial charge in [0.1, 0.15) is 5.82 Å². The molecule has 136 valence electrons. The highest BCUT2D eigenvalue weighted by Crippen LogP contribution is 2.09. The molecule has 0 aliphatic rings.